The van der Waals surface area contributed by atoms with Gasteiger partial charge in [-0.2, -0.15) is 0 Å². The number of carbonyl (C=O) groups excluding carboxylic acids is 1. The van der Waals surface area contributed by atoms with Gasteiger partial charge in [-0.15, -0.1) is 0 Å². The van der Waals surface area contributed by atoms with Crippen molar-refractivity contribution in [3.63, 3.8) is 0 Å². The minimum atomic E-state index is -0.472. The van der Waals surface area contributed by atoms with Gasteiger partial charge in [0.05, 0.1) is 42.6 Å². The van der Waals surface area contributed by atoms with Crippen LogP contribution in [0.15, 0.2) is 62.8 Å². The molecule has 8 heteroatoms. The van der Waals surface area contributed by atoms with Crippen molar-refractivity contribution in [2.24, 2.45) is 4.99 Å². The van der Waals surface area contributed by atoms with E-state index in [0.29, 0.717) is 36.0 Å². The van der Waals surface area contributed by atoms with Crippen LogP contribution in [0.1, 0.15) is 138 Å². The highest BCUT2D eigenvalue weighted by atomic mass is 16.5. The molecular weight excluding hydrogens is 628 g/mol. The van der Waals surface area contributed by atoms with Crippen molar-refractivity contribution in [3.8, 4) is 28.8 Å². The van der Waals surface area contributed by atoms with Crippen molar-refractivity contribution in [2.75, 3.05) is 13.2 Å². The average Bonchev–Trinajstić information content (AvgIpc) is 3.90. The summed E-state index contributed by atoms with van der Waals surface area (Å²) in [4.78, 5) is 20.8. The monoisotopic (exact) mass is 680 g/mol. The second-order valence-corrected chi connectivity index (χ2v) is 13.6. The van der Waals surface area contributed by atoms with Gasteiger partial charge in [-0.05, 0) is 49.2 Å². The summed E-state index contributed by atoms with van der Waals surface area (Å²) >= 11 is 0. The Kier molecular flexibility index (Phi) is 12.4. The molecule has 8 nitrogen and oxygen atoms in total. The smallest absolute Gasteiger partial charge is 0.280 e. The topological polar surface area (TPSA) is 110 Å². The molecule has 2 aromatic carbocycles. The summed E-state index contributed by atoms with van der Waals surface area (Å²) in [6.45, 7) is 5.77. The number of nitrogens with one attached hydrogen (secondary N) is 1. The number of ether oxygens (including phenoxy) is 2. The number of fused-ring (bicyclic) bond motifs is 3. The molecular formula is C42H52N2O6. The summed E-state index contributed by atoms with van der Waals surface area (Å²) in [6.07, 6.45) is 23.1. The van der Waals surface area contributed by atoms with Crippen LogP contribution in [-0.2, 0) is 0 Å². The molecule has 6 rings (SSSR count). The second-order valence-electron chi connectivity index (χ2n) is 13.6. The molecule has 0 bridgehead atoms. The third kappa shape index (κ3) is 8.28. The van der Waals surface area contributed by atoms with E-state index in [1.165, 1.54) is 77.0 Å². The van der Waals surface area contributed by atoms with E-state index >= 15 is 0 Å². The maximum absolute atomic E-state index is 13.5. The molecule has 266 valence electrons. The fraction of sp³-hybridized carbons (Fsp3) is 0.476. The lowest BCUT2D eigenvalue weighted by molar-refractivity contribution is 0.101. The number of H-pyrrole nitrogens is 1. The summed E-state index contributed by atoms with van der Waals surface area (Å²) in [6, 6.07) is 11.6. The van der Waals surface area contributed by atoms with Crippen molar-refractivity contribution in [3.05, 3.63) is 65.8 Å². The Morgan fingerprint density at radius 1 is 0.640 bits per heavy atom. The number of nitrogens with zero attached hydrogens (tertiary/aromatic N) is 1. The number of aromatic amines is 1. The summed E-state index contributed by atoms with van der Waals surface area (Å²) in [7, 11) is 0. The minimum Gasteiger partial charge on any atom is -0.494 e. The van der Waals surface area contributed by atoms with Gasteiger partial charge in [-0.25, -0.2) is 4.99 Å². The van der Waals surface area contributed by atoms with Gasteiger partial charge in [0.15, 0.2) is 17.4 Å². The van der Waals surface area contributed by atoms with Crippen LogP contribution < -0.4 is 9.47 Å². The quantitative estimate of drug-likeness (QED) is 0.0704. The van der Waals surface area contributed by atoms with E-state index < -0.39 is 5.91 Å². The van der Waals surface area contributed by atoms with Crippen LogP contribution in [-0.4, -0.2) is 34.9 Å². The fourth-order valence-corrected chi connectivity index (χ4v) is 6.93. The number of rotatable bonds is 22. The number of amides is 1. The second kappa shape index (κ2) is 17.5. The molecule has 0 saturated carbocycles. The van der Waals surface area contributed by atoms with Crippen LogP contribution in [0.3, 0.4) is 0 Å². The number of furan rings is 2. The number of benzene rings is 2. The van der Waals surface area contributed by atoms with Crippen molar-refractivity contribution in [1.82, 2.24) is 4.98 Å². The Hall–Kier alpha value is -4.46. The van der Waals surface area contributed by atoms with E-state index in [4.69, 9.17) is 18.3 Å². The Morgan fingerprint density at radius 3 is 1.66 bits per heavy atom. The zero-order chi connectivity index (χ0) is 34.7. The average molecular weight is 681 g/mol. The summed E-state index contributed by atoms with van der Waals surface area (Å²) in [5, 5.41) is 14.4. The number of carbonyl (C=O) groups is 1. The van der Waals surface area contributed by atoms with Crippen LogP contribution >= 0.6 is 0 Å². The maximum Gasteiger partial charge on any atom is 0.280 e. The maximum atomic E-state index is 13.5. The van der Waals surface area contributed by atoms with Crippen LogP contribution in [0.4, 0.5) is 0 Å². The van der Waals surface area contributed by atoms with Crippen LogP contribution in [0.25, 0.3) is 33.0 Å². The Labute approximate surface area is 295 Å². The van der Waals surface area contributed by atoms with Gasteiger partial charge >= 0.3 is 0 Å². The van der Waals surface area contributed by atoms with Gasteiger partial charge in [-0.3, -0.25) is 4.79 Å². The van der Waals surface area contributed by atoms with E-state index in [1.807, 2.05) is 36.4 Å². The normalized spacial score (nSPS) is 12.7. The lowest BCUT2D eigenvalue weighted by Gasteiger charge is -2.07. The minimum absolute atomic E-state index is 0.169. The first kappa shape index (κ1) is 35.4. The predicted molar refractivity (Wildman–Crippen MR) is 200 cm³/mol. The Morgan fingerprint density at radius 2 is 1.12 bits per heavy atom. The molecule has 1 amide bonds. The van der Waals surface area contributed by atoms with Crippen molar-refractivity contribution < 1.29 is 28.2 Å². The van der Waals surface area contributed by atoms with Gasteiger partial charge in [0.2, 0.25) is 0 Å². The molecule has 0 radical (unpaired) electrons. The first-order valence-corrected chi connectivity index (χ1v) is 19.0. The first-order chi connectivity index (χ1) is 24.6. The molecule has 0 spiro atoms. The molecule has 5 aromatic rings. The van der Waals surface area contributed by atoms with Gasteiger partial charge in [-0.1, -0.05) is 104 Å². The Balaban J connectivity index is 1.12. The van der Waals surface area contributed by atoms with E-state index in [2.05, 4.69) is 23.8 Å². The van der Waals surface area contributed by atoms with Crippen molar-refractivity contribution in [1.29, 1.82) is 0 Å². The highest BCUT2D eigenvalue weighted by Crippen LogP contribution is 2.42. The molecule has 0 atom stereocenters. The van der Waals surface area contributed by atoms with Gasteiger partial charge in [0.25, 0.3) is 5.91 Å². The molecule has 0 aliphatic carbocycles. The van der Waals surface area contributed by atoms with Crippen molar-refractivity contribution in [2.45, 2.75) is 117 Å². The highest BCUT2D eigenvalue weighted by molar-refractivity contribution is 6.32. The van der Waals surface area contributed by atoms with E-state index in [-0.39, 0.29) is 17.2 Å². The number of aliphatic imine (C=N–C) groups is 1. The van der Waals surface area contributed by atoms with Crippen LogP contribution in [0.5, 0.6) is 17.4 Å². The molecule has 3 aromatic heterocycles. The molecule has 0 fully saturated rings. The SMILES string of the molecule is CCCCCCCCCCOc1ccc2coc(C3=NC(=O)c4c(-c5occ6ccc(OCCCCCCCCCC)cc56)[nH]c(O)c43)c2c1. The zero-order valence-corrected chi connectivity index (χ0v) is 29.8. The number of aromatic nitrogens is 1. The van der Waals surface area contributed by atoms with E-state index in [9.17, 15) is 9.90 Å². The Bertz CT molecular complexity index is 1890. The fourth-order valence-electron chi connectivity index (χ4n) is 6.93. The summed E-state index contributed by atoms with van der Waals surface area (Å²) < 4.78 is 24.2. The van der Waals surface area contributed by atoms with Crippen LogP contribution in [0.2, 0.25) is 0 Å². The zero-order valence-electron chi connectivity index (χ0n) is 29.8. The third-order valence-electron chi connectivity index (χ3n) is 9.77. The van der Waals surface area contributed by atoms with E-state index in [1.54, 1.807) is 12.5 Å². The highest BCUT2D eigenvalue weighted by Gasteiger charge is 2.37. The number of hydrogen-bond acceptors (Lipinski definition) is 6. The molecule has 2 N–H and O–H groups in total. The predicted octanol–water partition coefficient (Wildman–Crippen LogP) is 11.9. The number of hydrogen-bond donors (Lipinski definition) is 2. The van der Waals surface area contributed by atoms with E-state index in [0.717, 1.165) is 58.7 Å². The molecule has 50 heavy (non-hydrogen) atoms. The van der Waals surface area contributed by atoms with Crippen LogP contribution in [0, 0.1) is 0 Å². The summed E-state index contributed by atoms with van der Waals surface area (Å²) in [5.74, 6) is 1.68. The molecule has 1 aliphatic heterocycles. The van der Waals surface area contributed by atoms with Gasteiger partial charge in [0, 0.05) is 21.5 Å². The molecule has 0 unspecified atom stereocenters. The lowest BCUT2D eigenvalue weighted by atomic mass is 10.0. The van der Waals surface area contributed by atoms with Gasteiger partial charge in [0.1, 0.15) is 17.2 Å². The lowest BCUT2D eigenvalue weighted by Crippen LogP contribution is -2.00. The number of unbranched alkanes of at least 4 members (excludes halogenated alkanes) is 14. The number of aromatic hydroxyl groups is 1. The largest absolute Gasteiger partial charge is 0.494 e. The first-order valence-electron chi connectivity index (χ1n) is 19.0. The molecule has 0 saturated heterocycles. The standard InChI is InChI=1S/C42H52N2O6/c1-3-5-7-9-11-13-15-17-23-47-31-21-19-29-27-49-39(33(29)25-31)37-35-36(42(46)43-37)38(44-41(35)45)40-34-26-32(22-20-30(34)28-50-40)48-24-18-16-14-12-10-8-6-4-2/h19-22,25-28,43,46H,3-18,23-24H2,1-2H3. The molecule has 1 aliphatic rings. The summed E-state index contributed by atoms with van der Waals surface area (Å²) in [5.41, 5.74) is 1.22. The van der Waals surface area contributed by atoms with Crippen molar-refractivity contribution >= 4 is 33.2 Å². The molecule has 4 heterocycles. The van der Waals surface area contributed by atoms with Gasteiger partial charge < -0.3 is 28.4 Å². The third-order valence-corrected chi connectivity index (χ3v) is 9.77.